The third-order valence-electron chi connectivity index (χ3n) is 2.25. The van der Waals surface area contributed by atoms with E-state index in [0.717, 1.165) is 10.2 Å². The van der Waals surface area contributed by atoms with E-state index in [4.69, 9.17) is 9.47 Å². The predicted octanol–water partition coefficient (Wildman–Crippen LogP) is 4.13. The molecule has 0 heterocycles. The highest BCUT2D eigenvalue weighted by Gasteiger charge is 2.25. The minimum absolute atomic E-state index is 0.355. The van der Waals surface area contributed by atoms with Crippen molar-refractivity contribution in [2.45, 2.75) is 45.8 Å². The summed E-state index contributed by atoms with van der Waals surface area (Å²) >= 11 is 3.37. The van der Waals surface area contributed by atoms with Gasteiger partial charge in [0.15, 0.2) is 0 Å². The van der Waals surface area contributed by atoms with E-state index in [0.29, 0.717) is 6.61 Å². The summed E-state index contributed by atoms with van der Waals surface area (Å²) in [6.07, 6.45) is -0.443. The van der Waals surface area contributed by atoms with Gasteiger partial charge in [-0.05, 0) is 58.9 Å². The number of carbonyl (C=O) groups is 1. The minimum Gasteiger partial charge on any atom is -0.491 e. The molecule has 1 N–H and O–H groups in total. The van der Waals surface area contributed by atoms with E-state index in [9.17, 15) is 4.79 Å². The van der Waals surface area contributed by atoms with Crippen LogP contribution in [0.2, 0.25) is 0 Å². The van der Waals surface area contributed by atoms with Gasteiger partial charge >= 0.3 is 6.09 Å². The van der Waals surface area contributed by atoms with Gasteiger partial charge in [0.1, 0.15) is 18.0 Å². The van der Waals surface area contributed by atoms with Gasteiger partial charge in [-0.1, -0.05) is 15.9 Å². The zero-order valence-corrected chi connectivity index (χ0v) is 14.2. The fraction of sp³-hybridized carbons (Fsp3) is 0.533. The van der Waals surface area contributed by atoms with Gasteiger partial charge < -0.3 is 14.8 Å². The smallest absolute Gasteiger partial charge is 0.408 e. The largest absolute Gasteiger partial charge is 0.491 e. The molecule has 4 nitrogen and oxygen atoms in total. The van der Waals surface area contributed by atoms with Crippen molar-refractivity contribution in [2.24, 2.45) is 0 Å². The second-order valence-corrected chi connectivity index (χ2v) is 7.17. The van der Waals surface area contributed by atoms with Crippen LogP contribution in [0.1, 0.15) is 34.6 Å². The van der Waals surface area contributed by atoms with E-state index in [1.165, 1.54) is 0 Å². The number of alkyl carbamates (subject to hydrolysis) is 1. The molecule has 1 amide bonds. The van der Waals surface area contributed by atoms with E-state index in [2.05, 4.69) is 21.2 Å². The summed E-state index contributed by atoms with van der Waals surface area (Å²) in [7, 11) is 0. The average Bonchev–Trinajstić information content (AvgIpc) is 2.24. The predicted molar refractivity (Wildman–Crippen MR) is 83.1 cm³/mol. The molecule has 1 rings (SSSR count). The van der Waals surface area contributed by atoms with Crippen molar-refractivity contribution < 1.29 is 14.3 Å². The lowest BCUT2D eigenvalue weighted by molar-refractivity contribution is 0.0441. The van der Waals surface area contributed by atoms with Gasteiger partial charge in [0.05, 0.1) is 5.54 Å². The molecule has 0 saturated heterocycles. The topological polar surface area (TPSA) is 47.6 Å². The standard InChI is InChI=1S/C15H22BrNO3/c1-14(2,3)20-13(18)17-15(4,5)10-19-12-8-6-11(16)7-9-12/h6-9H,10H2,1-5H3,(H,17,18). The lowest BCUT2D eigenvalue weighted by atomic mass is 10.1. The molecule has 0 saturated carbocycles. The summed E-state index contributed by atoms with van der Waals surface area (Å²) in [5.41, 5.74) is -1.03. The highest BCUT2D eigenvalue weighted by atomic mass is 79.9. The molecule has 1 aromatic carbocycles. The summed E-state index contributed by atoms with van der Waals surface area (Å²) in [5, 5.41) is 2.80. The van der Waals surface area contributed by atoms with Crippen molar-refractivity contribution in [2.75, 3.05) is 6.61 Å². The zero-order valence-electron chi connectivity index (χ0n) is 12.6. The number of hydrogen-bond donors (Lipinski definition) is 1. The number of halogens is 1. The van der Waals surface area contributed by atoms with E-state index >= 15 is 0 Å². The van der Waals surface area contributed by atoms with Crippen molar-refractivity contribution in [3.8, 4) is 5.75 Å². The fourth-order valence-corrected chi connectivity index (χ4v) is 1.67. The molecular formula is C15H22BrNO3. The normalized spacial score (nSPS) is 11.9. The summed E-state index contributed by atoms with van der Waals surface area (Å²) in [6, 6.07) is 7.55. The summed E-state index contributed by atoms with van der Waals surface area (Å²) in [6.45, 7) is 9.62. The Labute approximate surface area is 129 Å². The Morgan fingerprint density at radius 1 is 1.15 bits per heavy atom. The summed E-state index contributed by atoms with van der Waals surface area (Å²) in [5.74, 6) is 0.757. The molecule has 0 unspecified atom stereocenters. The molecule has 0 bridgehead atoms. The van der Waals surface area contributed by atoms with Crippen molar-refractivity contribution in [1.82, 2.24) is 5.32 Å². The van der Waals surface area contributed by atoms with Crippen LogP contribution in [-0.4, -0.2) is 23.8 Å². The number of rotatable bonds is 4. The van der Waals surface area contributed by atoms with Crippen molar-refractivity contribution in [3.05, 3.63) is 28.7 Å². The Morgan fingerprint density at radius 3 is 2.20 bits per heavy atom. The highest BCUT2D eigenvalue weighted by molar-refractivity contribution is 9.10. The monoisotopic (exact) mass is 343 g/mol. The Balaban J connectivity index is 2.48. The van der Waals surface area contributed by atoms with E-state index in [1.54, 1.807) is 0 Å². The molecule has 0 aromatic heterocycles. The van der Waals surface area contributed by atoms with Gasteiger partial charge in [-0.3, -0.25) is 0 Å². The van der Waals surface area contributed by atoms with Gasteiger partial charge in [-0.2, -0.15) is 0 Å². The fourth-order valence-electron chi connectivity index (χ4n) is 1.41. The average molecular weight is 344 g/mol. The maximum atomic E-state index is 11.7. The lowest BCUT2D eigenvalue weighted by Crippen LogP contribution is -2.49. The van der Waals surface area contributed by atoms with Crippen LogP contribution in [0.3, 0.4) is 0 Å². The molecule has 0 spiro atoms. The maximum Gasteiger partial charge on any atom is 0.408 e. The van der Waals surface area contributed by atoms with Gasteiger partial charge in [0.2, 0.25) is 0 Å². The molecule has 20 heavy (non-hydrogen) atoms. The van der Waals surface area contributed by atoms with Crippen LogP contribution in [0.4, 0.5) is 4.79 Å². The first-order valence-electron chi connectivity index (χ1n) is 6.47. The maximum absolute atomic E-state index is 11.7. The van der Waals surface area contributed by atoms with Crippen LogP contribution in [0.15, 0.2) is 28.7 Å². The Morgan fingerprint density at radius 2 is 1.70 bits per heavy atom. The minimum atomic E-state index is -0.518. The first kappa shape index (κ1) is 16.8. The molecule has 0 radical (unpaired) electrons. The molecule has 0 atom stereocenters. The quantitative estimate of drug-likeness (QED) is 0.893. The molecule has 0 fully saturated rings. The Hall–Kier alpha value is -1.23. The summed E-state index contributed by atoms with van der Waals surface area (Å²) < 4.78 is 11.9. The molecule has 0 aliphatic carbocycles. The van der Waals surface area contributed by atoms with Crippen LogP contribution in [-0.2, 0) is 4.74 Å². The van der Waals surface area contributed by atoms with Gasteiger partial charge in [-0.25, -0.2) is 4.79 Å². The van der Waals surface area contributed by atoms with Crippen LogP contribution >= 0.6 is 15.9 Å². The third-order valence-corrected chi connectivity index (χ3v) is 2.78. The van der Waals surface area contributed by atoms with Gasteiger partial charge in [-0.15, -0.1) is 0 Å². The van der Waals surface area contributed by atoms with Crippen molar-refractivity contribution >= 4 is 22.0 Å². The first-order valence-corrected chi connectivity index (χ1v) is 7.26. The Kier molecular flexibility index (Phi) is 5.45. The molecule has 0 aliphatic rings. The molecule has 5 heteroatoms. The van der Waals surface area contributed by atoms with E-state index in [-0.39, 0.29) is 0 Å². The third kappa shape index (κ3) is 6.80. The van der Waals surface area contributed by atoms with Gasteiger partial charge in [0, 0.05) is 4.47 Å². The summed E-state index contributed by atoms with van der Waals surface area (Å²) in [4.78, 5) is 11.7. The number of amides is 1. The SMILES string of the molecule is CC(C)(COc1ccc(Br)cc1)NC(=O)OC(C)(C)C. The highest BCUT2D eigenvalue weighted by Crippen LogP contribution is 2.17. The number of nitrogens with one attached hydrogen (secondary N) is 1. The Bertz CT molecular complexity index is 449. The number of ether oxygens (including phenoxy) is 2. The molecule has 112 valence electrons. The van der Waals surface area contributed by atoms with Crippen LogP contribution in [0.5, 0.6) is 5.75 Å². The van der Waals surface area contributed by atoms with E-state index in [1.807, 2.05) is 58.9 Å². The van der Waals surface area contributed by atoms with Crippen LogP contribution in [0.25, 0.3) is 0 Å². The number of hydrogen-bond acceptors (Lipinski definition) is 3. The van der Waals surface area contributed by atoms with Gasteiger partial charge in [0.25, 0.3) is 0 Å². The van der Waals surface area contributed by atoms with E-state index < -0.39 is 17.2 Å². The second-order valence-electron chi connectivity index (χ2n) is 6.25. The second kappa shape index (κ2) is 6.48. The number of benzene rings is 1. The molecular weight excluding hydrogens is 322 g/mol. The molecule has 0 aliphatic heterocycles. The van der Waals surface area contributed by atoms with Crippen molar-refractivity contribution in [1.29, 1.82) is 0 Å². The van der Waals surface area contributed by atoms with Crippen molar-refractivity contribution in [3.63, 3.8) is 0 Å². The first-order chi connectivity index (χ1) is 9.07. The number of carbonyl (C=O) groups excluding carboxylic acids is 1. The van der Waals surface area contributed by atoms with Crippen LogP contribution in [0, 0.1) is 0 Å². The zero-order chi connectivity index (χ0) is 15.4. The van der Waals surface area contributed by atoms with Crippen LogP contribution < -0.4 is 10.1 Å². The molecule has 1 aromatic rings. The lowest BCUT2D eigenvalue weighted by Gasteiger charge is -2.28.